The predicted molar refractivity (Wildman–Crippen MR) is 139 cm³/mol. The van der Waals surface area contributed by atoms with E-state index < -0.39 is 73.4 Å². The zero-order valence-corrected chi connectivity index (χ0v) is 24.3. The van der Waals surface area contributed by atoms with Crippen LogP contribution in [0.4, 0.5) is 25.2 Å². The summed E-state index contributed by atoms with van der Waals surface area (Å²) in [7, 11) is -19.6. The number of aromatic nitrogens is 4. The molecule has 1 saturated heterocycles. The molecule has 23 heteroatoms. The molecular formula is C19H23ClF5N5O9P2S. The molecule has 0 spiro atoms. The van der Waals surface area contributed by atoms with Crippen LogP contribution >= 0.6 is 37.0 Å². The molecule has 6 N–H and O–H groups in total. The highest BCUT2D eigenvalue weighted by atomic mass is 35.5. The van der Waals surface area contributed by atoms with Crippen molar-refractivity contribution in [2.24, 2.45) is 0 Å². The number of halogens is 6. The van der Waals surface area contributed by atoms with Gasteiger partial charge in [-0.3, -0.25) is 9.13 Å². The topological polar surface area (TPSA) is 209 Å². The Labute approximate surface area is 237 Å². The fourth-order valence-corrected chi connectivity index (χ4v) is 7.41. The van der Waals surface area contributed by atoms with E-state index in [-0.39, 0.29) is 39.8 Å². The third-order valence-corrected chi connectivity index (χ3v) is 10.8. The summed E-state index contributed by atoms with van der Waals surface area (Å²) in [5.41, 5.74) is 0.115. The third kappa shape index (κ3) is 7.57. The number of aliphatic hydroxyl groups is 2. The second-order valence-electron chi connectivity index (χ2n) is 9.36. The van der Waals surface area contributed by atoms with Crippen molar-refractivity contribution in [3.63, 3.8) is 0 Å². The van der Waals surface area contributed by atoms with Gasteiger partial charge in [-0.25, -0.2) is 4.68 Å². The molecule has 4 rings (SSSR count). The molecule has 0 aliphatic carbocycles. The Morgan fingerprint density at radius 1 is 1.10 bits per heavy atom. The van der Waals surface area contributed by atoms with Crippen LogP contribution in [0.5, 0.6) is 0 Å². The number of nitrogens with one attached hydrogen (secondary N) is 1. The second kappa shape index (κ2) is 10.3. The Balaban J connectivity index is 1.55. The maximum absolute atomic E-state index is 13.0. The van der Waals surface area contributed by atoms with Gasteiger partial charge in [0.1, 0.15) is 29.0 Å². The molecule has 3 aromatic rings. The lowest BCUT2D eigenvalue weighted by molar-refractivity contribution is -0.0541. The van der Waals surface area contributed by atoms with Crippen molar-refractivity contribution in [1.82, 2.24) is 19.7 Å². The summed E-state index contributed by atoms with van der Waals surface area (Å²) in [6.45, 7) is 0.653. The molecule has 1 fully saturated rings. The number of rotatable bonds is 10. The zero-order valence-electron chi connectivity index (χ0n) is 20.9. The Morgan fingerprint density at radius 3 is 2.29 bits per heavy atom. The van der Waals surface area contributed by atoms with Gasteiger partial charge >= 0.3 is 25.4 Å². The van der Waals surface area contributed by atoms with Gasteiger partial charge < -0.3 is 39.5 Å². The van der Waals surface area contributed by atoms with Crippen molar-refractivity contribution in [3.8, 4) is 0 Å². The first-order valence-electron chi connectivity index (χ1n) is 11.5. The molecule has 1 aliphatic heterocycles. The van der Waals surface area contributed by atoms with Gasteiger partial charge in [-0.05, 0) is 36.2 Å². The van der Waals surface area contributed by atoms with Gasteiger partial charge in [0.05, 0.1) is 18.2 Å². The largest absolute Gasteiger partial charge is 0.387 e. The minimum atomic E-state index is -9.86. The summed E-state index contributed by atoms with van der Waals surface area (Å²) in [6, 6.07) is 1.47. The van der Waals surface area contributed by atoms with Gasteiger partial charge in [0.15, 0.2) is 17.8 Å². The van der Waals surface area contributed by atoms with Crippen LogP contribution in [0.3, 0.4) is 0 Å². The van der Waals surface area contributed by atoms with Crippen molar-refractivity contribution < 1.29 is 62.7 Å². The summed E-state index contributed by atoms with van der Waals surface area (Å²) < 4.78 is 99.3. The lowest BCUT2D eigenvalue weighted by Crippen LogP contribution is -2.33. The second-order valence-corrected chi connectivity index (χ2v) is 16.1. The lowest BCUT2D eigenvalue weighted by Gasteiger charge is -2.40. The zero-order chi connectivity index (χ0) is 31.5. The normalized spacial score (nSPS) is 25.5. The molecule has 0 radical (unpaired) electrons. The van der Waals surface area contributed by atoms with Gasteiger partial charge in [0, 0.05) is 6.04 Å². The Kier molecular flexibility index (Phi) is 8.08. The minimum absolute atomic E-state index is 0.00659. The molecule has 0 bridgehead atoms. The monoisotopic (exact) mass is 689 g/mol. The number of hydrogen-bond donors (Lipinski definition) is 6. The molecule has 1 aliphatic rings. The maximum atomic E-state index is 13.0. The maximum Gasteiger partial charge on any atom is 0.340 e. The van der Waals surface area contributed by atoms with E-state index in [0.29, 0.717) is 0 Å². The predicted octanol–water partition coefficient (Wildman–Crippen LogP) is 4.27. The van der Waals surface area contributed by atoms with Gasteiger partial charge in [-0.15, -0.1) is 0 Å². The molecule has 0 amide bonds. The highest BCUT2D eigenvalue weighted by Crippen LogP contribution is 3.02. The molecule has 2 aromatic heterocycles. The van der Waals surface area contributed by atoms with E-state index in [4.69, 9.17) is 26.1 Å². The fourth-order valence-electron chi connectivity index (χ4n) is 4.03. The molecule has 236 valence electrons. The van der Waals surface area contributed by atoms with Gasteiger partial charge in [0.2, 0.25) is 5.28 Å². The fraction of sp³-hybridized carbons (Fsp3) is 0.421. The molecule has 42 heavy (non-hydrogen) atoms. The first kappa shape index (κ1) is 32.9. The summed E-state index contributed by atoms with van der Waals surface area (Å²) in [6.07, 6.45) is -5.15. The van der Waals surface area contributed by atoms with Crippen LogP contribution in [-0.4, -0.2) is 75.5 Å². The van der Waals surface area contributed by atoms with Gasteiger partial charge in [0.25, 0.3) is 0 Å². The smallest absolute Gasteiger partial charge is 0.340 e. The summed E-state index contributed by atoms with van der Waals surface area (Å²) in [5, 5.41) is 27.6. The SMILES string of the molecule is C[C@H](Nc1nc(Cl)nc2c1cnn2[C@@H]1O[C@H](COP(=O)(O)CP(=O)(O)O)[C@H](O)C1O)c1ccc(S(F)(F)(F)(F)F)cc1. The number of ether oxygens (including phenoxy) is 1. The van der Waals surface area contributed by atoms with Crippen LogP contribution in [-0.2, 0) is 18.4 Å². The van der Waals surface area contributed by atoms with E-state index in [1.54, 1.807) is 0 Å². The number of nitrogens with zero attached hydrogens (tertiary/aromatic N) is 4. The number of aliphatic hydroxyl groups excluding tert-OH is 2. The van der Waals surface area contributed by atoms with Crippen LogP contribution in [0.15, 0.2) is 35.4 Å². The van der Waals surface area contributed by atoms with Crippen LogP contribution in [0, 0.1) is 0 Å². The van der Waals surface area contributed by atoms with E-state index in [1.165, 1.54) is 13.1 Å². The Morgan fingerprint density at radius 2 is 1.71 bits per heavy atom. The van der Waals surface area contributed by atoms with E-state index in [1.807, 2.05) is 0 Å². The van der Waals surface area contributed by atoms with E-state index in [2.05, 4.69) is 24.9 Å². The van der Waals surface area contributed by atoms with E-state index in [9.17, 15) is 43.7 Å². The summed E-state index contributed by atoms with van der Waals surface area (Å²) in [5.74, 6) is -1.48. The standard InChI is InChI=1S/C19H23ClF5N5O9P2S/c1-9(10-2-4-11(5-3-10)42(21,22,23,24)25)27-16-12-6-26-30(17(12)29-19(20)28-16)18-15(32)14(31)13(39-18)7-38-41(36,37)8-40(33,34)35/h2-6,9,13-15,18,31-32H,7-8H2,1H3,(H,36,37)(H,27,28,29)(H2,33,34,35)/t9-,13+,14-,15?,18+/m0/s1. The average molecular weight is 690 g/mol. The number of anilines is 1. The quantitative estimate of drug-likeness (QED) is 0.1000. The summed E-state index contributed by atoms with van der Waals surface area (Å²) >= 11 is 6.03. The number of hydrogen-bond acceptors (Lipinski definition) is 10. The third-order valence-electron chi connectivity index (χ3n) is 5.99. The molecule has 6 atom stereocenters. The number of fused-ring (bicyclic) bond motifs is 1. The minimum Gasteiger partial charge on any atom is -0.387 e. The van der Waals surface area contributed by atoms with Crippen LogP contribution in [0.25, 0.3) is 11.0 Å². The summed E-state index contributed by atoms with van der Waals surface area (Å²) in [4.78, 5) is 33.4. The van der Waals surface area contributed by atoms with Crippen molar-refractivity contribution in [2.45, 2.75) is 42.4 Å². The number of benzene rings is 1. The molecule has 14 nitrogen and oxygen atoms in total. The van der Waals surface area contributed by atoms with E-state index >= 15 is 0 Å². The van der Waals surface area contributed by atoms with Crippen molar-refractivity contribution >= 4 is 53.9 Å². The van der Waals surface area contributed by atoms with Crippen LogP contribution in [0.1, 0.15) is 24.8 Å². The van der Waals surface area contributed by atoms with Gasteiger partial charge in [-0.1, -0.05) is 31.6 Å². The first-order valence-corrected chi connectivity index (χ1v) is 17.4. The highest BCUT2D eigenvalue weighted by molar-refractivity contribution is 8.45. The molecule has 1 aromatic carbocycles. The average Bonchev–Trinajstić information content (AvgIpc) is 3.35. The molecule has 3 heterocycles. The van der Waals surface area contributed by atoms with Crippen molar-refractivity contribution in [3.05, 3.63) is 41.3 Å². The molecular weight excluding hydrogens is 667 g/mol. The van der Waals surface area contributed by atoms with Crippen molar-refractivity contribution in [2.75, 3.05) is 17.8 Å². The van der Waals surface area contributed by atoms with Crippen LogP contribution < -0.4 is 5.32 Å². The Hall–Kier alpha value is -1.96. The molecule has 2 unspecified atom stereocenters. The first-order chi connectivity index (χ1) is 18.9. The van der Waals surface area contributed by atoms with E-state index in [0.717, 1.165) is 16.8 Å². The van der Waals surface area contributed by atoms with Crippen molar-refractivity contribution in [1.29, 1.82) is 0 Å². The Bertz CT molecular complexity index is 1600. The molecule has 0 saturated carbocycles. The van der Waals surface area contributed by atoms with Gasteiger partial charge in [-0.2, -0.15) is 15.1 Å². The lowest BCUT2D eigenvalue weighted by atomic mass is 10.1. The highest BCUT2D eigenvalue weighted by Gasteiger charge is 2.65. The van der Waals surface area contributed by atoms with Crippen LogP contribution in [0.2, 0.25) is 5.28 Å².